The summed E-state index contributed by atoms with van der Waals surface area (Å²) in [5.41, 5.74) is 1.34. The van der Waals surface area contributed by atoms with Crippen LogP contribution in [0.4, 0.5) is 0 Å². The summed E-state index contributed by atoms with van der Waals surface area (Å²) >= 11 is 11.8. The van der Waals surface area contributed by atoms with Gasteiger partial charge in [0, 0.05) is 12.4 Å². The molecule has 0 N–H and O–H groups in total. The van der Waals surface area contributed by atoms with Crippen molar-refractivity contribution in [1.29, 1.82) is 5.26 Å². The van der Waals surface area contributed by atoms with Crippen LogP contribution in [0.25, 0.3) is 0 Å². The van der Waals surface area contributed by atoms with E-state index in [2.05, 4.69) is 16.0 Å². The summed E-state index contributed by atoms with van der Waals surface area (Å²) in [7, 11) is 0. The van der Waals surface area contributed by atoms with Crippen molar-refractivity contribution in [3.63, 3.8) is 0 Å². The molecule has 5 heteroatoms. The fourth-order valence-electron chi connectivity index (χ4n) is 1.46. The number of rotatable bonds is 2. The third-order valence-electron chi connectivity index (χ3n) is 2.29. The Hall–Kier alpha value is -1.63. The maximum absolute atomic E-state index is 9.20. The van der Waals surface area contributed by atoms with Crippen LogP contribution in [-0.4, -0.2) is 9.97 Å². The first kappa shape index (κ1) is 11.8. The number of hydrogen-bond donors (Lipinski definition) is 0. The highest BCUT2D eigenvalue weighted by atomic mass is 35.5. The minimum absolute atomic E-state index is 0.424. The summed E-state index contributed by atoms with van der Waals surface area (Å²) in [6.45, 7) is 0. The van der Waals surface area contributed by atoms with Gasteiger partial charge < -0.3 is 0 Å². The quantitative estimate of drug-likeness (QED) is 0.834. The van der Waals surface area contributed by atoms with Crippen LogP contribution in [0, 0.1) is 11.3 Å². The molecule has 0 aliphatic carbocycles. The van der Waals surface area contributed by atoms with Gasteiger partial charge in [-0.05, 0) is 17.7 Å². The van der Waals surface area contributed by atoms with Crippen LogP contribution in [0.3, 0.4) is 0 Å². The van der Waals surface area contributed by atoms with Crippen molar-refractivity contribution in [2.24, 2.45) is 0 Å². The average molecular weight is 264 g/mol. The molecule has 0 spiro atoms. The van der Waals surface area contributed by atoms with Crippen LogP contribution in [0.15, 0.2) is 36.8 Å². The lowest BCUT2D eigenvalue weighted by Gasteiger charge is -2.09. The molecule has 0 fully saturated rings. The Balaban J connectivity index is 2.44. The molecule has 1 aromatic heterocycles. The molecule has 0 saturated heterocycles. The monoisotopic (exact) mass is 263 g/mol. The van der Waals surface area contributed by atoms with Crippen LogP contribution in [-0.2, 0) is 0 Å². The number of aromatic nitrogens is 2. The summed E-state index contributed by atoms with van der Waals surface area (Å²) in [5.74, 6) is -0.488. The van der Waals surface area contributed by atoms with Crippen molar-refractivity contribution in [2.75, 3.05) is 0 Å². The Labute approximate surface area is 109 Å². The second-order valence-corrected chi connectivity index (χ2v) is 4.18. The second kappa shape index (κ2) is 5.13. The number of nitrogens with zero attached hydrogens (tertiary/aromatic N) is 3. The Morgan fingerprint density at radius 1 is 1.18 bits per heavy atom. The van der Waals surface area contributed by atoms with Gasteiger partial charge in [0.05, 0.1) is 28.0 Å². The van der Waals surface area contributed by atoms with Crippen LogP contribution < -0.4 is 0 Å². The molecule has 3 nitrogen and oxygen atoms in total. The predicted molar refractivity (Wildman–Crippen MR) is 66.0 cm³/mol. The van der Waals surface area contributed by atoms with Gasteiger partial charge in [-0.25, -0.2) is 0 Å². The number of benzene rings is 1. The lowest BCUT2D eigenvalue weighted by molar-refractivity contribution is 0.942. The summed E-state index contributed by atoms with van der Waals surface area (Å²) < 4.78 is 0. The molecule has 1 atom stereocenters. The predicted octanol–water partition coefficient (Wildman–Crippen LogP) is 3.44. The van der Waals surface area contributed by atoms with E-state index in [1.165, 1.54) is 0 Å². The van der Waals surface area contributed by atoms with E-state index in [1.807, 2.05) is 0 Å². The fourth-order valence-corrected chi connectivity index (χ4v) is 1.77. The highest BCUT2D eigenvalue weighted by molar-refractivity contribution is 6.42. The molecule has 0 aliphatic rings. The molecule has 1 unspecified atom stereocenters. The molecule has 0 bridgehead atoms. The minimum atomic E-state index is -0.488. The zero-order valence-electron chi connectivity index (χ0n) is 8.64. The van der Waals surface area contributed by atoms with E-state index in [0.717, 1.165) is 5.56 Å². The van der Waals surface area contributed by atoms with Gasteiger partial charge in [0.1, 0.15) is 5.92 Å². The van der Waals surface area contributed by atoms with Crippen molar-refractivity contribution >= 4 is 23.2 Å². The smallest absolute Gasteiger partial charge is 0.115 e. The number of halogens is 2. The molecule has 2 rings (SSSR count). The number of hydrogen-bond acceptors (Lipinski definition) is 3. The highest BCUT2D eigenvalue weighted by Crippen LogP contribution is 2.28. The van der Waals surface area contributed by atoms with E-state index in [0.29, 0.717) is 15.7 Å². The zero-order valence-corrected chi connectivity index (χ0v) is 10.2. The zero-order chi connectivity index (χ0) is 12.3. The van der Waals surface area contributed by atoms with E-state index in [-0.39, 0.29) is 0 Å². The van der Waals surface area contributed by atoms with E-state index < -0.39 is 5.92 Å². The average Bonchev–Trinajstić information content (AvgIpc) is 2.36. The molecule has 17 heavy (non-hydrogen) atoms. The first-order chi connectivity index (χ1) is 8.22. The van der Waals surface area contributed by atoms with Gasteiger partial charge in [0.2, 0.25) is 0 Å². The van der Waals surface area contributed by atoms with Crippen molar-refractivity contribution in [1.82, 2.24) is 9.97 Å². The van der Waals surface area contributed by atoms with Gasteiger partial charge in [0.25, 0.3) is 0 Å². The standard InChI is InChI=1S/C12H7Cl2N3/c13-10-2-1-8(5-11(10)14)9(6-15)12-7-16-3-4-17-12/h1-5,7,9H. The van der Waals surface area contributed by atoms with Crippen LogP contribution >= 0.6 is 23.2 Å². The summed E-state index contributed by atoms with van der Waals surface area (Å²) in [4.78, 5) is 8.06. The van der Waals surface area contributed by atoms with Gasteiger partial charge in [0.15, 0.2) is 0 Å². The highest BCUT2D eigenvalue weighted by Gasteiger charge is 2.15. The summed E-state index contributed by atoms with van der Waals surface area (Å²) in [6.07, 6.45) is 4.68. The van der Waals surface area contributed by atoms with Gasteiger partial charge in [-0.3, -0.25) is 9.97 Å². The van der Waals surface area contributed by atoms with Crippen molar-refractivity contribution in [3.05, 3.63) is 58.1 Å². The normalized spacial score (nSPS) is 11.8. The van der Waals surface area contributed by atoms with Gasteiger partial charge in [-0.2, -0.15) is 5.26 Å². The third kappa shape index (κ3) is 2.55. The first-order valence-corrected chi connectivity index (χ1v) is 5.58. The molecule has 84 valence electrons. The lowest BCUT2D eigenvalue weighted by atomic mass is 9.98. The van der Waals surface area contributed by atoms with Crippen molar-refractivity contribution in [2.45, 2.75) is 5.92 Å². The maximum atomic E-state index is 9.20. The molecule has 0 radical (unpaired) electrons. The van der Waals surface area contributed by atoms with Crippen LogP contribution in [0.5, 0.6) is 0 Å². The maximum Gasteiger partial charge on any atom is 0.115 e. The largest absolute Gasteiger partial charge is 0.261 e. The molecule has 2 aromatic rings. The Morgan fingerprint density at radius 2 is 2.00 bits per heavy atom. The molecule has 0 amide bonds. The molecule has 1 heterocycles. The molecular weight excluding hydrogens is 257 g/mol. The molecule has 0 saturated carbocycles. The Bertz CT molecular complexity index is 564. The van der Waals surface area contributed by atoms with Crippen LogP contribution in [0.1, 0.15) is 17.2 Å². The van der Waals surface area contributed by atoms with Gasteiger partial charge in [-0.1, -0.05) is 29.3 Å². The fraction of sp³-hybridized carbons (Fsp3) is 0.0833. The van der Waals surface area contributed by atoms with E-state index in [9.17, 15) is 5.26 Å². The van der Waals surface area contributed by atoms with Gasteiger partial charge in [-0.15, -0.1) is 0 Å². The Morgan fingerprint density at radius 3 is 2.59 bits per heavy atom. The second-order valence-electron chi connectivity index (χ2n) is 3.37. The van der Waals surface area contributed by atoms with Crippen molar-refractivity contribution < 1.29 is 0 Å². The summed E-state index contributed by atoms with van der Waals surface area (Å²) in [5, 5.41) is 10.1. The SMILES string of the molecule is N#CC(c1ccc(Cl)c(Cl)c1)c1cnccn1. The first-order valence-electron chi connectivity index (χ1n) is 4.83. The van der Waals surface area contributed by atoms with Gasteiger partial charge >= 0.3 is 0 Å². The number of nitriles is 1. The molecule has 1 aromatic carbocycles. The van der Waals surface area contributed by atoms with E-state index in [1.54, 1.807) is 36.8 Å². The lowest BCUT2D eigenvalue weighted by Crippen LogP contribution is -2.01. The van der Waals surface area contributed by atoms with E-state index in [4.69, 9.17) is 23.2 Å². The third-order valence-corrected chi connectivity index (χ3v) is 3.02. The van der Waals surface area contributed by atoms with E-state index >= 15 is 0 Å². The van der Waals surface area contributed by atoms with Crippen LogP contribution in [0.2, 0.25) is 10.0 Å². The topological polar surface area (TPSA) is 49.6 Å². The minimum Gasteiger partial charge on any atom is -0.261 e. The van der Waals surface area contributed by atoms with Crippen molar-refractivity contribution in [3.8, 4) is 6.07 Å². The Kier molecular flexibility index (Phi) is 3.58. The molecule has 0 aliphatic heterocycles. The summed E-state index contributed by atoms with van der Waals surface area (Å²) in [6, 6.07) is 7.28. The molecular formula is C12H7Cl2N3.